The van der Waals surface area contributed by atoms with Crippen molar-refractivity contribution in [3.63, 3.8) is 0 Å². The number of pyridine rings is 1. The highest BCUT2D eigenvalue weighted by Crippen LogP contribution is 2.29. The first-order valence-corrected chi connectivity index (χ1v) is 8.15. The number of aryl methyl sites for hydroxylation is 1. The van der Waals surface area contributed by atoms with Crippen molar-refractivity contribution in [1.82, 2.24) is 9.88 Å². The Kier molecular flexibility index (Phi) is 4.42. The van der Waals surface area contributed by atoms with E-state index < -0.39 is 0 Å². The standard InChI is InChI=1S/C19H23N3O2/c1-13(2)19(23)22-10-8-21(9-11-22)17-12-14(3)15-6-5-7-16(24-4)18(15)20-17/h5-7,12H,1,8-11H2,2-4H3. The van der Waals surface area contributed by atoms with E-state index in [0.29, 0.717) is 18.7 Å². The van der Waals surface area contributed by atoms with Crippen LogP contribution in [0.1, 0.15) is 12.5 Å². The van der Waals surface area contributed by atoms with Crippen molar-refractivity contribution in [1.29, 1.82) is 0 Å². The van der Waals surface area contributed by atoms with Crippen LogP contribution >= 0.6 is 0 Å². The van der Waals surface area contributed by atoms with Crippen molar-refractivity contribution in [3.05, 3.63) is 42.0 Å². The molecule has 24 heavy (non-hydrogen) atoms. The molecule has 0 aliphatic carbocycles. The number of para-hydroxylation sites is 1. The number of aromatic nitrogens is 1. The van der Waals surface area contributed by atoms with E-state index in [1.165, 1.54) is 5.56 Å². The van der Waals surface area contributed by atoms with E-state index in [1.807, 2.05) is 17.0 Å². The number of benzene rings is 1. The molecule has 126 valence electrons. The van der Waals surface area contributed by atoms with Gasteiger partial charge in [0.05, 0.1) is 7.11 Å². The van der Waals surface area contributed by atoms with Crippen molar-refractivity contribution in [2.24, 2.45) is 0 Å². The molecule has 5 nitrogen and oxygen atoms in total. The van der Waals surface area contributed by atoms with E-state index >= 15 is 0 Å². The van der Waals surface area contributed by atoms with Gasteiger partial charge in [-0.3, -0.25) is 4.79 Å². The van der Waals surface area contributed by atoms with E-state index in [2.05, 4.69) is 30.5 Å². The molecule has 0 saturated carbocycles. The SMILES string of the molecule is C=C(C)C(=O)N1CCN(c2cc(C)c3cccc(OC)c3n2)CC1. The molecule has 0 radical (unpaired) electrons. The third-order valence-corrected chi connectivity index (χ3v) is 4.47. The Morgan fingerprint density at radius 2 is 1.96 bits per heavy atom. The summed E-state index contributed by atoms with van der Waals surface area (Å²) in [6, 6.07) is 8.09. The van der Waals surface area contributed by atoms with Crippen LogP contribution in [0.4, 0.5) is 5.82 Å². The maximum Gasteiger partial charge on any atom is 0.249 e. The lowest BCUT2D eigenvalue weighted by Crippen LogP contribution is -2.49. The van der Waals surface area contributed by atoms with Gasteiger partial charge in [-0.15, -0.1) is 0 Å². The Bertz CT molecular complexity index is 793. The van der Waals surface area contributed by atoms with Crippen LogP contribution in [0.3, 0.4) is 0 Å². The fraction of sp³-hybridized carbons (Fsp3) is 0.368. The number of ether oxygens (including phenoxy) is 1. The van der Waals surface area contributed by atoms with Crippen LogP contribution in [0, 0.1) is 6.92 Å². The van der Waals surface area contributed by atoms with Gasteiger partial charge in [0.25, 0.3) is 0 Å². The zero-order valence-corrected chi connectivity index (χ0v) is 14.5. The van der Waals surface area contributed by atoms with Crippen molar-refractivity contribution >= 4 is 22.6 Å². The summed E-state index contributed by atoms with van der Waals surface area (Å²) in [4.78, 5) is 20.9. The molecule has 5 heteroatoms. The van der Waals surface area contributed by atoms with E-state index in [-0.39, 0.29) is 5.91 Å². The predicted molar refractivity (Wildman–Crippen MR) is 96.6 cm³/mol. The summed E-state index contributed by atoms with van der Waals surface area (Å²) in [5, 5.41) is 1.11. The molecule has 0 N–H and O–H groups in total. The summed E-state index contributed by atoms with van der Waals surface area (Å²) in [5.74, 6) is 1.76. The number of hydrogen-bond donors (Lipinski definition) is 0. The van der Waals surface area contributed by atoms with Crippen LogP contribution in [0.15, 0.2) is 36.4 Å². The summed E-state index contributed by atoms with van der Waals surface area (Å²) in [6.07, 6.45) is 0. The lowest BCUT2D eigenvalue weighted by Gasteiger charge is -2.35. The molecule has 0 bridgehead atoms. The van der Waals surface area contributed by atoms with Crippen LogP contribution in [0.2, 0.25) is 0 Å². The smallest absolute Gasteiger partial charge is 0.249 e. The summed E-state index contributed by atoms with van der Waals surface area (Å²) in [5.41, 5.74) is 2.65. The van der Waals surface area contributed by atoms with Gasteiger partial charge in [0.1, 0.15) is 17.1 Å². The second kappa shape index (κ2) is 6.51. The summed E-state index contributed by atoms with van der Waals surface area (Å²) in [7, 11) is 1.67. The second-order valence-electron chi connectivity index (χ2n) is 6.21. The first kappa shape index (κ1) is 16.3. The van der Waals surface area contributed by atoms with Gasteiger partial charge >= 0.3 is 0 Å². The van der Waals surface area contributed by atoms with E-state index in [4.69, 9.17) is 9.72 Å². The Morgan fingerprint density at radius 1 is 1.25 bits per heavy atom. The topological polar surface area (TPSA) is 45.7 Å². The molecule has 1 fully saturated rings. The maximum atomic E-state index is 12.0. The number of methoxy groups -OCH3 is 1. The molecule has 0 unspecified atom stereocenters. The number of anilines is 1. The lowest BCUT2D eigenvalue weighted by molar-refractivity contribution is -0.127. The molecule has 2 aromatic rings. The minimum Gasteiger partial charge on any atom is -0.494 e. The molecular weight excluding hydrogens is 302 g/mol. The molecule has 1 amide bonds. The molecule has 1 saturated heterocycles. The fourth-order valence-electron chi connectivity index (χ4n) is 3.11. The average molecular weight is 325 g/mol. The van der Waals surface area contributed by atoms with E-state index in [1.54, 1.807) is 14.0 Å². The largest absolute Gasteiger partial charge is 0.494 e. The van der Waals surface area contributed by atoms with Gasteiger partial charge in [-0.05, 0) is 31.5 Å². The Hall–Kier alpha value is -2.56. The minimum atomic E-state index is 0.0407. The van der Waals surface area contributed by atoms with Crippen molar-refractivity contribution in [2.75, 3.05) is 38.2 Å². The number of fused-ring (bicyclic) bond motifs is 1. The van der Waals surface area contributed by atoms with E-state index in [9.17, 15) is 4.79 Å². The van der Waals surface area contributed by atoms with E-state index in [0.717, 1.165) is 35.6 Å². The predicted octanol–water partition coefficient (Wildman–Crippen LogP) is 2.78. The molecule has 0 atom stereocenters. The number of carbonyl (C=O) groups is 1. The first-order chi connectivity index (χ1) is 11.5. The average Bonchev–Trinajstić information content (AvgIpc) is 2.60. The maximum absolute atomic E-state index is 12.0. The minimum absolute atomic E-state index is 0.0407. The lowest BCUT2D eigenvalue weighted by atomic mass is 10.1. The van der Waals surface area contributed by atoms with Crippen LogP contribution in [0.25, 0.3) is 10.9 Å². The molecule has 1 aromatic heterocycles. The zero-order chi connectivity index (χ0) is 17.3. The van der Waals surface area contributed by atoms with Gasteiger partial charge in [-0.2, -0.15) is 0 Å². The Balaban J connectivity index is 1.86. The molecule has 0 spiro atoms. The van der Waals surface area contributed by atoms with Crippen LogP contribution < -0.4 is 9.64 Å². The fourth-order valence-corrected chi connectivity index (χ4v) is 3.11. The third-order valence-electron chi connectivity index (χ3n) is 4.47. The van der Waals surface area contributed by atoms with Gasteiger partial charge in [0, 0.05) is 37.1 Å². The van der Waals surface area contributed by atoms with Crippen LogP contribution in [-0.2, 0) is 4.79 Å². The molecule has 2 heterocycles. The van der Waals surface area contributed by atoms with Gasteiger partial charge in [0.2, 0.25) is 5.91 Å². The number of nitrogens with zero attached hydrogens (tertiary/aromatic N) is 3. The highest BCUT2D eigenvalue weighted by molar-refractivity contribution is 5.92. The normalized spacial score (nSPS) is 14.8. The summed E-state index contributed by atoms with van der Waals surface area (Å²) in [6.45, 7) is 10.5. The number of carbonyl (C=O) groups excluding carboxylic acids is 1. The van der Waals surface area contributed by atoms with Crippen LogP contribution in [-0.4, -0.2) is 49.1 Å². The van der Waals surface area contributed by atoms with Gasteiger partial charge < -0.3 is 14.5 Å². The summed E-state index contributed by atoms with van der Waals surface area (Å²) < 4.78 is 5.46. The monoisotopic (exact) mass is 325 g/mol. The Labute approximate surface area is 142 Å². The molecule has 1 aromatic carbocycles. The molecular formula is C19H23N3O2. The molecule has 1 aliphatic rings. The third kappa shape index (κ3) is 2.94. The summed E-state index contributed by atoms with van der Waals surface area (Å²) >= 11 is 0. The van der Waals surface area contributed by atoms with Crippen molar-refractivity contribution in [3.8, 4) is 5.75 Å². The van der Waals surface area contributed by atoms with Gasteiger partial charge in [0.15, 0.2) is 0 Å². The first-order valence-electron chi connectivity index (χ1n) is 8.15. The van der Waals surface area contributed by atoms with Crippen molar-refractivity contribution < 1.29 is 9.53 Å². The highest BCUT2D eigenvalue weighted by Gasteiger charge is 2.22. The van der Waals surface area contributed by atoms with Crippen LogP contribution in [0.5, 0.6) is 5.75 Å². The van der Waals surface area contributed by atoms with Crippen molar-refractivity contribution in [2.45, 2.75) is 13.8 Å². The second-order valence-corrected chi connectivity index (χ2v) is 6.21. The molecule has 3 rings (SSSR count). The van der Waals surface area contributed by atoms with Gasteiger partial charge in [-0.1, -0.05) is 18.7 Å². The number of rotatable bonds is 3. The number of amides is 1. The van der Waals surface area contributed by atoms with Gasteiger partial charge in [-0.25, -0.2) is 4.98 Å². The number of piperazine rings is 1. The Morgan fingerprint density at radius 3 is 2.58 bits per heavy atom. The molecule has 1 aliphatic heterocycles. The number of hydrogen-bond acceptors (Lipinski definition) is 4. The quantitative estimate of drug-likeness (QED) is 0.814. The highest BCUT2D eigenvalue weighted by atomic mass is 16.5. The zero-order valence-electron chi connectivity index (χ0n) is 14.5.